The van der Waals surface area contributed by atoms with E-state index in [0.29, 0.717) is 18.1 Å². The highest BCUT2D eigenvalue weighted by Crippen LogP contribution is 2.23. The monoisotopic (exact) mass is 433 g/mol. The zero-order chi connectivity index (χ0) is 21.0. The first-order valence-corrected chi connectivity index (χ1v) is 12.2. The highest BCUT2D eigenvalue weighted by atomic mass is 32.2. The molecule has 0 saturated carbocycles. The van der Waals surface area contributed by atoms with Crippen LogP contribution in [-0.2, 0) is 14.8 Å². The number of hydrogen-bond acceptors (Lipinski definition) is 5. The van der Waals surface area contributed by atoms with Gasteiger partial charge in [-0.1, -0.05) is 30.0 Å². The Kier molecular flexibility index (Phi) is 6.97. The number of nitrogens with one attached hydrogen (secondary N) is 1. The number of carbonyl (C=O) groups is 1. The number of rotatable bonds is 7. The Hall–Kier alpha value is -1.90. The third kappa shape index (κ3) is 5.38. The Morgan fingerprint density at radius 2 is 1.90 bits per heavy atom. The maximum atomic E-state index is 12.5. The molecular weight excluding hydrogens is 406 g/mol. The molecule has 1 amide bonds. The van der Waals surface area contributed by atoms with Crippen LogP contribution < -0.4 is 5.32 Å². The van der Waals surface area contributed by atoms with Crippen LogP contribution in [0.15, 0.2) is 46.5 Å². The minimum Gasteiger partial charge on any atom is -0.349 e. The number of sulfonamides is 1. The van der Waals surface area contributed by atoms with E-state index in [2.05, 4.69) is 36.3 Å². The minimum atomic E-state index is -3.46. The molecule has 0 unspecified atom stereocenters. The average molecular weight is 434 g/mol. The summed E-state index contributed by atoms with van der Waals surface area (Å²) in [6.45, 7) is 7.22. The van der Waals surface area contributed by atoms with E-state index in [4.69, 9.17) is 0 Å². The summed E-state index contributed by atoms with van der Waals surface area (Å²) in [7, 11) is -3.46. The highest BCUT2D eigenvalue weighted by Gasteiger charge is 2.27. The van der Waals surface area contributed by atoms with Gasteiger partial charge in [-0.3, -0.25) is 4.79 Å². The molecule has 1 atom stereocenters. The summed E-state index contributed by atoms with van der Waals surface area (Å²) in [5.74, 6) is 0.136. The van der Waals surface area contributed by atoms with Gasteiger partial charge in [0.2, 0.25) is 15.9 Å². The van der Waals surface area contributed by atoms with Crippen molar-refractivity contribution in [3.05, 3.63) is 53.2 Å². The van der Waals surface area contributed by atoms with E-state index >= 15 is 0 Å². The number of aromatic nitrogens is 1. The van der Waals surface area contributed by atoms with Crippen LogP contribution in [0.4, 0.5) is 0 Å². The Balaban J connectivity index is 1.54. The average Bonchev–Trinajstić information content (AvgIpc) is 3.24. The Labute approximate surface area is 177 Å². The topological polar surface area (TPSA) is 79.4 Å². The summed E-state index contributed by atoms with van der Waals surface area (Å²) in [6, 6.07) is 9.33. The van der Waals surface area contributed by atoms with E-state index in [9.17, 15) is 13.2 Å². The summed E-state index contributed by atoms with van der Waals surface area (Å²) in [5, 5.41) is 3.62. The van der Waals surface area contributed by atoms with Crippen molar-refractivity contribution < 1.29 is 13.2 Å². The first kappa shape index (κ1) is 21.8. The van der Waals surface area contributed by atoms with Crippen molar-refractivity contribution in [2.24, 2.45) is 0 Å². The molecule has 1 aliphatic heterocycles. The number of nitrogens with zero attached hydrogens (tertiary/aromatic N) is 2. The molecule has 1 aliphatic rings. The van der Waals surface area contributed by atoms with Gasteiger partial charge in [0.1, 0.15) is 4.90 Å². The molecule has 29 heavy (non-hydrogen) atoms. The fourth-order valence-corrected chi connectivity index (χ4v) is 5.34. The molecule has 2 heterocycles. The van der Waals surface area contributed by atoms with E-state index in [1.54, 1.807) is 12.1 Å². The number of carbonyl (C=O) groups excluding carboxylic acids is 1. The van der Waals surface area contributed by atoms with Gasteiger partial charge < -0.3 is 5.32 Å². The SMILES string of the molecule is Cc1ccc([C@H](C)NC(=O)CSc2ccc(S(=O)(=O)N3CCCC3)cn2)cc1C. The molecule has 2 aromatic rings. The number of thioether (sulfide) groups is 1. The number of amides is 1. The predicted molar refractivity (Wildman–Crippen MR) is 115 cm³/mol. The van der Waals surface area contributed by atoms with E-state index in [1.165, 1.54) is 33.4 Å². The van der Waals surface area contributed by atoms with E-state index < -0.39 is 10.0 Å². The molecule has 0 radical (unpaired) electrons. The first-order valence-electron chi connectivity index (χ1n) is 9.73. The molecule has 1 aromatic carbocycles. The van der Waals surface area contributed by atoms with Crippen LogP contribution in [0.25, 0.3) is 0 Å². The van der Waals surface area contributed by atoms with Crippen molar-refractivity contribution in [3.63, 3.8) is 0 Å². The second-order valence-corrected chi connectivity index (χ2v) is 10.3. The van der Waals surface area contributed by atoms with Crippen molar-refractivity contribution in [2.75, 3.05) is 18.8 Å². The third-order valence-corrected chi connectivity index (χ3v) is 8.00. The molecule has 6 nitrogen and oxygen atoms in total. The van der Waals surface area contributed by atoms with Crippen LogP contribution in [0.3, 0.4) is 0 Å². The fraction of sp³-hybridized carbons (Fsp3) is 0.429. The summed E-state index contributed by atoms with van der Waals surface area (Å²) < 4.78 is 26.6. The predicted octanol–water partition coefficient (Wildman–Crippen LogP) is 3.45. The summed E-state index contributed by atoms with van der Waals surface area (Å²) >= 11 is 1.29. The number of hydrogen-bond donors (Lipinski definition) is 1. The Morgan fingerprint density at radius 3 is 2.52 bits per heavy atom. The molecule has 1 saturated heterocycles. The van der Waals surface area contributed by atoms with Crippen LogP contribution in [0.5, 0.6) is 0 Å². The summed E-state index contributed by atoms with van der Waals surface area (Å²) in [6.07, 6.45) is 3.18. The molecule has 3 rings (SSSR count). The molecule has 1 fully saturated rings. The smallest absolute Gasteiger partial charge is 0.244 e. The van der Waals surface area contributed by atoms with Crippen molar-refractivity contribution in [1.29, 1.82) is 0 Å². The second-order valence-electron chi connectivity index (χ2n) is 7.36. The third-order valence-electron chi connectivity index (χ3n) is 5.17. The highest BCUT2D eigenvalue weighted by molar-refractivity contribution is 7.99. The van der Waals surface area contributed by atoms with Crippen molar-refractivity contribution in [2.45, 2.75) is 49.6 Å². The molecule has 0 spiro atoms. The Bertz CT molecular complexity index is 969. The van der Waals surface area contributed by atoms with Gasteiger partial charge in [0, 0.05) is 19.3 Å². The normalized spacial score (nSPS) is 16.0. The van der Waals surface area contributed by atoms with Gasteiger partial charge in [0.25, 0.3) is 0 Å². The summed E-state index contributed by atoms with van der Waals surface area (Å²) in [4.78, 5) is 16.7. The van der Waals surface area contributed by atoms with Crippen molar-refractivity contribution >= 4 is 27.7 Å². The quantitative estimate of drug-likeness (QED) is 0.677. The van der Waals surface area contributed by atoms with Gasteiger partial charge >= 0.3 is 0 Å². The largest absolute Gasteiger partial charge is 0.349 e. The van der Waals surface area contributed by atoms with Crippen LogP contribution in [0.2, 0.25) is 0 Å². The first-order chi connectivity index (χ1) is 13.8. The van der Waals surface area contributed by atoms with Gasteiger partial charge in [-0.2, -0.15) is 4.31 Å². The standard InChI is InChI=1S/C21H27N3O3S2/c1-15-6-7-18(12-16(15)2)17(3)23-20(25)14-28-21-9-8-19(13-22-21)29(26,27)24-10-4-5-11-24/h6-9,12-13,17H,4-5,10-11,14H2,1-3H3,(H,23,25)/t17-/m0/s1. The molecule has 0 bridgehead atoms. The van der Waals surface area contributed by atoms with Gasteiger partial charge in [-0.25, -0.2) is 13.4 Å². The number of pyridine rings is 1. The zero-order valence-corrected chi connectivity index (χ0v) is 18.6. The molecule has 1 N–H and O–H groups in total. The Morgan fingerprint density at radius 1 is 1.17 bits per heavy atom. The van der Waals surface area contributed by atoms with E-state index in [0.717, 1.165) is 18.4 Å². The maximum Gasteiger partial charge on any atom is 0.244 e. The van der Waals surface area contributed by atoms with Crippen molar-refractivity contribution in [1.82, 2.24) is 14.6 Å². The maximum absolute atomic E-state index is 12.5. The lowest BCUT2D eigenvalue weighted by Crippen LogP contribution is -2.28. The van der Waals surface area contributed by atoms with Gasteiger partial charge in [0.05, 0.1) is 16.8 Å². The number of benzene rings is 1. The van der Waals surface area contributed by atoms with Crippen LogP contribution >= 0.6 is 11.8 Å². The van der Waals surface area contributed by atoms with Crippen LogP contribution in [0, 0.1) is 13.8 Å². The zero-order valence-electron chi connectivity index (χ0n) is 17.0. The molecule has 8 heteroatoms. The van der Waals surface area contributed by atoms with Gasteiger partial charge in [0.15, 0.2) is 0 Å². The van der Waals surface area contributed by atoms with Gasteiger partial charge in [-0.15, -0.1) is 0 Å². The molecule has 1 aromatic heterocycles. The summed E-state index contributed by atoms with van der Waals surface area (Å²) in [5.41, 5.74) is 3.50. The molecule has 156 valence electrons. The fourth-order valence-electron chi connectivity index (χ4n) is 3.22. The number of aryl methyl sites for hydroxylation is 2. The second kappa shape index (κ2) is 9.28. The molecular formula is C21H27N3O3S2. The van der Waals surface area contributed by atoms with Crippen LogP contribution in [-0.4, -0.2) is 42.5 Å². The van der Waals surface area contributed by atoms with Crippen LogP contribution in [0.1, 0.15) is 42.5 Å². The van der Waals surface area contributed by atoms with Gasteiger partial charge in [-0.05, 0) is 62.4 Å². The molecule has 0 aliphatic carbocycles. The van der Waals surface area contributed by atoms with E-state index in [-0.39, 0.29) is 22.6 Å². The lowest BCUT2D eigenvalue weighted by molar-refractivity contribution is -0.119. The van der Waals surface area contributed by atoms with E-state index in [1.807, 2.05) is 13.0 Å². The van der Waals surface area contributed by atoms with Crippen molar-refractivity contribution in [3.8, 4) is 0 Å². The lowest BCUT2D eigenvalue weighted by Gasteiger charge is -2.16. The minimum absolute atomic E-state index is 0.0802. The lowest BCUT2D eigenvalue weighted by atomic mass is 10.0.